The van der Waals surface area contributed by atoms with Gasteiger partial charge >= 0.3 is 5.97 Å². The van der Waals surface area contributed by atoms with Crippen LogP contribution in [0.2, 0.25) is 0 Å². The van der Waals surface area contributed by atoms with Crippen LogP contribution in [0.3, 0.4) is 0 Å². The van der Waals surface area contributed by atoms with Crippen molar-refractivity contribution in [2.75, 3.05) is 19.5 Å². The Labute approximate surface area is 241 Å². The second kappa shape index (κ2) is 14.4. The van der Waals surface area contributed by atoms with Gasteiger partial charge in [0.2, 0.25) is 5.95 Å². The first-order valence-electron chi connectivity index (χ1n) is 13.6. The first kappa shape index (κ1) is 33.0. The first-order chi connectivity index (χ1) is 19.4. The van der Waals surface area contributed by atoms with E-state index in [-0.39, 0.29) is 18.4 Å². The third-order valence-corrected chi connectivity index (χ3v) is 6.68. The minimum atomic E-state index is -0.961. The summed E-state index contributed by atoms with van der Waals surface area (Å²) in [4.78, 5) is 28.8. The van der Waals surface area contributed by atoms with Gasteiger partial charge in [0.05, 0.1) is 34.8 Å². The van der Waals surface area contributed by atoms with Crippen LogP contribution in [0.4, 0.5) is 5.95 Å². The Morgan fingerprint density at radius 1 is 1.07 bits per heavy atom. The van der Waals surface area contributed by atoms with Crippen molar-refractivity contribution in [2.24, 2.45) is 11.3 Å². The van der Waals surface area contributed by atoms with E-state index in [9.17, 15) is 9.90 Å². The van der Waals surface area contributed by atoms with Crippen LogP contribution in [0.1, 0.15) is 66.8 Å². The van der Waals surface area contributed by atoms with Crippen LogP contribution in [0.25, 0.3) is 22.7 Å². The van der Waals surface area contributed by atoms with Crippen molar-refractivity contribution in [3.63, 3.8) is 0 Å². The Bertz CT molecular complexity index is 1360. The van der Waals surface area contributed by atoms with Crippen molar-refractivity contribution < 1.29 is 19.2 Å². The molecule has 12 nitrogen and oxygen atoms in total. The van der Waals surface area contributed by atoms with Gasteiger partial charge in [-0.3, -0.25) is 14.5 Å². The van der Waals surface area contributed by atoms with Gasteiger partial charge in [-0.1, -0.05) is 38.9 Å². The summed E-state index contributed by atoms with van der Waals surface area (Å²) in [5, 5.41) is 17.9. The smallest absolute Gasteiger partial charge is 0.310 e. The highest BCUT2D eigenvalue weighted by molar-refractivity contribution is 5.73. The number of hydrogen-bond acceptors (Lipinski definition) is 10. The first-order valence-corrected chi connectivity index (χ1v) is 13.6. The molecule has 0 aliphatic heterocycles. The number of aromatic nitrogens is 7. The van der Waals surface area contributed by atoms with Gasteiger partial charge in [0, 0.05) is 44.1 Å². The zero-order valence-electron chi connectivity index (χ0n) is 25.4. The number of ether oxygens (including phenoxy) is 1. The second-order valence-corrected chi connectivity index (χ2v) is 10.2. The number of rotatable bonds is 9. The van der Waals surface area contributed by atoms with Gasteiger partial charge in [0.15, 0.2) is 5.82 Å². The molecule has 0 aliphatic carbocycles. The molecule has 12 heteroatoms. The molecule has 0 aromatic carbocycles. The van der Waals surface area contributed by atoms with Crippen LogP contribution in [-0.2, 0) is 21.5 Å². The fourth-order valence-corrected chi connectivity index (χ4v) is 3.65. The van der Waals surface area contributed by atoms with Gasteiger partial charge in [0.1, 0.15) is 0 Å². The molecular formula is C29H42N8O4. The molecule has 0 bridgehead atoms. The van der Waals surface area contributed by atoms with E-state index in [4.69, 9.17) is 10.3 Å². The van der Waals surface area contributed by atoms with Crippen LogP contribution in [0, 0.1) is 11.3 Å². The quantitative estimate of drug-likeness (QED) is 0.276. The van der Waals surface area contributed by atoms with Crippen molar-refractivity contribution >= 4 is 11.9 Å². The van der Waals surface area contributed by atoms with Gasteiger partial charge < -0.3 is 20.1 Å². The Balaban J connectivity index is 0.000000902. The van der Waals surface area contributed by atoms with Gasteiger partial charge in [-0.15, -0.1) is 0 Å². The molecular weight excluding hydrogens is 524 g/mol. The Hall–Kier alpha value is -4.19. The molecule has 41 heavy (non-hydrogen) atoms. The third kappa shape index (κ3) is 7.94. The number of anilines is 1. The lowest BCUT2D eigenvalue weighted by Gasteiger charge is -2.30. The van der Waals surface area contributed by atoms with E-state index in [1.165, 1.54) is 0 Å². The fraction of sp³-hybridized carbons (Fsp3) is 0.483. The van der Waals surface area contributed by atoms with Crippen molar-refractivity contribution in [3.05, 3.63) is 54.5 Å². The topological polar surface area (TPSA) is 168 Å². The number of carboxylic acid groups (broad SMARTS) is 1. The number of nitrogen functional groups attached to an aromatic ring is 1. The minimum absolute atomic E-state index is 0.125. The van der Waals surface area contributed by atoms with E-state index < -0.39 is 16.8 Å². The lowest BCUT2D eigenvalue weighted by molar-refractivity contribution is -0.147. The van der Waals surface area contributed by atoms with E-state index in [1.54, 1.807) is 56.6 Å². The monoisotopic (exact) mass is 566 g/mol. The number of carbonyl (C=O) groups is 1. The minimum Gasteiger partial charge on any atom is -0.481 e. The maximum absolute atomic E-state index is 11.4. The SMILES string of the molecule is CC.CC(C)C(C)(c1ccc(-c2cnc(N)nc2)nc1)c1noc(-c2cnn(CC(C)(C)C(=O)O)c2)n1.CCOC. The molecule has 1 unspecified atom stereocenters. The maximum Gasteiger partial charge on any atom is 0.310 e. The summed E-state index contributed by atoms with van der Waals surface area (Å²) in [6.07, 6.45) is 8.37. The third-order valence-electron chi connectivity index (χ3n) is 6.68. The highest BCUT2D eigenvalue weighted by Gasteiger charge is 2.38. The summed E-state index contributed by atoms with van der Waals surface area (Å²) in [6.45, 7) is 16.5. The molecule has 0 amide bonds. The summed E-state index contributed by atoms with van der Waals surface area (Å²) < 4.78 is 11.7. The lowest BCUT2D eigenvalue weighted by Crippen LogP contribution is -2.31. The normalized spacial score (nSPS) is 12.5. The highest BCUT2D eigenvalue weighted by Crippen LogP contribution is 2.38. The Kier molecular flexibility index (Phi) is 11.6. The van der Waals surface area contributed by atoms with Crippen molar-refractivity contribution in [2.45, 2.75) is 67.3 Å². The molecule has 4 aromatic heterocycles. The molecule has 0 spiro atoms. The predicted octanol–water partition coefficient (Wildman–Crippen LogP) is 5.12. The fourth-order valence-electron chi connectivity index (χ4n) is 3.65. The van der Waals surface area contributed by atoms with Crippen LogP contribution in [-0.4, -0.2) is 59.7 Å². The number of nitrogens with zero attached hydrogens (tertiary/aromatic N) is 7. The standard InChI is InChI=1S/C24H28N8O3.C3H8O.C2H6/c1-14(2)24(5,17-6-7-18(26-11-17)15-8-27-22(25)28-9-15)20-30-19(35-31-20)16-10-29-32(12-16)13-23(3,4)21(33)34;1-3-4-2;1-2/h6-12,14H,13H2,1-5H3,(H,33,34)(H2,25,27,28);3H2,1-2H3;1-2H3. The highest BCUT2D eigenvalue weighted by atomic mass is 16.5. The van der Waals surface area contributed by atoms with E-state index in [2.05, 4.69) is 48.8 Å². The number of methoxy groups -OCH3 is 1. The van der Waals surface area contributed by atoms with Crippen molar-refractivity contribution in [1.82, 2.24) is 34.9 Å². The average molecular weight is 567 g/mol. The Morgan fingerprint density at radius 2 is 1.71 bits per heavy atom. The van der Waals surface area contributed by atoms with Gasteiger partial charge in [-0.25, -0.2) is 9.97 Å². The van der Waals surface area contributed by atoms with E-state index in [0.717, 1.165) is 23.4 Å². The van der Waals surface area contributed by atoms with Crippen LogP contribution >= 0.6 is 0 Å². The van der Waals surface area contributed by atoms with E-state index in [0.29, 0.717) is 17.3 Å². The summed E-state index contributed by atoms with van der Waals surface area (Å²) in [5.74, 6) is 0.272. The molecule has 1 atom stereocenters. The number of hydrogen-bond donors (Lipinski definition) is 2. The molecule has 0 fully saturated rings. The zero-order valence-corrected chi connectivity index (χ0v) is 25.4. The molecule has 4 heterocycles. The molecule has 4 rings (SSSR count). The lowest BCUT2D eigenvalue weighted by atomic mass is 9.73. The molecule has 0 aliphatic rings. The van der Waals surface area contributed by atoms with Crippen LogP contribution < -0.4 is 5.73 Å². The average Bonchev–Trinajstić information content (AvgIpc) is 3.64. The van der Waals surface area contributed by atoms with Crippen molar-refractivity contribution in [3.8, 4) is 22.7 Å². The summed E-state index contributed by atoms with van der Waals surface area (Å²) in [7, 11) is 1.68. The largest absolute Gasteiger partial charge is 0.481 e. The molecule has 0 saturated carbocycles. The predicted molar refractivity (Wildman–Crippen MR) is 157 cm³/mol. The van der Waals surface area contributed by atoms with Crippen molar-refractivity contribution in [1.29, 1.82) is 0 Å². The second-order valence-electron chi connectivity index (χ2n) is 10.2. The van der Waals surface area contributed by atoms with Gasteiger partial charge in [-0.05, 0) is 45.2 Å². The molecule has 0 radical (unpaired) electrons. The maximum atomic E-state index is 11.4. The summed E-state index contributed by atoms with van der Waals surface area (Å²) in [5.41, 5.74) is 7.08. The van der Waals surface area contributed by atoms with Gasteiger partial charge in [0.25, 0.3) is 5.89 Å². The van der Waals surface area contributed by atoms with Crippen LogP contribution in [0.5, 0.6) is 0 Å². The molecule has 4 aromatic rings. The number of aliphatic carboxylic acids is 1. The zero-order chi connectivity index (χ0) is 30.8. The molecule has 222 valence electrons. The summed E-state index contributed by atoms with van der Waals surface area (Å²) >= 11 is 0. The molecule has 3 N–H and O–H groups in total. The van der Waals surface area contributed by atoms with E-state index in [1.807, 2.05) is 39.8 Å². The van der Waals surface area contributed by atoms with Gasteiger partial charge in [-0.2, -0.15) is 10.1 Å². The number of carboxylic acids is 1. The van der Waals surface area contributed by atoms with E-state index >= 15 is 0 Å². The molecule has 0 saturated heterocycles. The number of pyridine rings is 1. The summed E-state index contributed by atoms with van der Waals surface area (Å²) in [6, 6.07) is 3.89. The number of nitrogens with two attached hydrogens (primary N) is 1. The Morgan fingerprint density at radius 3 is 2.22 bits per heavy atom. The van der Waals surface area contributed by atoms with Crippen LogP contribution in [0.15, 0.2) is 47.6 Å².